The van der Waals surface area contributed by atoms with E-state index in [1.165, 1.54) is 12.1 Å². The first-order valence-electron chi connectivity index (χ1n) is 7.79. The Morgan fingerprint density at radius 1 is 1.17 bits per heavy atom. The van der Waals surface area contributed by atoms with Crippen LogP contribution in [0, 0.1) is 5.82 Å². The molecule has 24 heavy (non-hydrogen) atoms. The van der Waals surface area contributed by atoms with Crippen molar-refractivity contribution < 1.29 is 13.9 Å². The van der Waals surface area contributed by atoms with Crippen molar-refractivity contribution in [3.63, 3.8) is 0 Å². The summed E-state index contributed by atoms with van der Waals surface area (Å²) in [7, 11) is 0. The van der Waals surface area contributed by atoms with Crippen LogP contribution in [0.25, 0.3) is 0 Å². The topological polar surface area (TPSA) is 41.6 Å². The molecule has 1 saturated heterocycles. The Bertz CT molecular complexity index is 695. The minimum Gasteiger partial charge on any atom is -0.378 e. The number of hydrogen-bond donors (Lipinski definition) is 1. The van der Waals surface area contributed by atoms with Crippen LogP contribution in [0.5, 0.6) is 0 Å². The van der Waals surface area contributed by atoms with Crippen LogP contribution in [-0.4, -0.2) is 32.2 Å². The van der Waals surface area contributed by atoms with Crippen LogP contribution in [0.1, 0.15) is 5.56 Å². The summed E-state index contributed by atoms with van der Waals surface area (Å²) < 4.78 is 19.1. The lowest BCUT2D eigenvalue weighted by atomic mass is 10.1. The van der Waals surface area contributed by atoms with Gasteiger partial charge in [-0.25, -0.2) is 4.39 Å². The van der Waals surface area contributed by atoms with Crippen LogP contribution in [0.2, 0.25) is 5.02 Å². The Morgan fingerprint density at radius 2 is 1.88 bits per heavy atom. The Kier molecular flexibility index (Phi) is 5.33. The molecule has 1 fully saturated rings. The molecule has 4 nitrogen and oxygen atoms in total. The summed E-state index contributed by atoms with van der Waals surface area (Å²) in [5.41, 5.74) is 1.97. The quantitative estimate of drug-likeness (QED) is 0.919. The normalized spacial score (nSPS) is 14.5. The SMILES string of the molecule is O=C(Cc1c(F)cccc1Cl)Nc1ccc(N2CCOCC2)cc1. The van der Waals surface area contributed by atoms with E-state index in [1.807, 2.05) is 24.3 Å². The molecule has 0 aliphatic carbocycles. The van der Waals surface area contributed by atoms with Crippen LogP contribution >= 0.6 is 11.6 Å². The van der Waals surface area contributed by atoms with Gasteiger partial charge >= 0.3 is 0 Å². The van der Waals surface area contributed by atoms with E-state index in [4.69, 9.17) is 16.3 Å². The molecule has 1 amide bonds. The predicted molar refractivity (Wildman–Crippen MR) is 93.2 cm³/mol. The third-order valence-electron chi connectivity index (χ3n) is 3.93. The van der Waals surface area contributed by atoms with Gasteiger partial charge in [0.15, 0.2) is 0 Å². The molecule has 1 N–H and O–H groups in total. The van der Waals surface area contributed by atoms with E-state index in [2.05, 4.69) is 10.2 Å². The third kappa shape index (κ3) is 4.04. The summed E-state index contributed by atoms with van der Waals surface area (Å²) >= 11 is 5.95. The molecule has 0 spiro atoms. The zero-order valence-corrected chi connectivity index (χ0v) is 13.9. The highest BCUT2D eigenvalue weighted by Gasteiger charge is 2.13. The molecular formula is C18H18ClFN2O2. The second-order valence-electron chi connectivity index (χ2n) is 5.57. The Morgan fingerprint density at radius 3 is 2.54 bits per heavy atom. The van der Waals surface area contributed by atoms with Gasteiger partial charge in [-0.3, -0.25) is 4.79 Å². The maximum absolute atomic E-state index is 13.7. The van der Waals surface area contributed by atoms with E-state index in [9.17, 15) is 9.18 Å². The third-order valence-corrected chi connectivity index (χ3v) is 4.28. The van der Waals surface area contributed by atoms with Gasteiger partial charge in [-0.15, -0.1) is 0 Å². The lowest BCUT2D eigenvalue weighted by Crippen LogP contribution is -2.36. The van der Waals surface area contributed by atoms with Crippen molar-refractivity contribution in [2.45, 2.75) is 6.42 Å². The largest absolute Gasteiger partial charge is 0.378 e. The van der Waals surface area contributed by atoms with E-state index in [0.717, 1.165) is 32.0 Å². The van der Waals surface area contributed by atoms with E-state index in [0.29, 0.717) is 5.69 Å². The van der Waals surface area contributed by atoms with E-state index in [1.54, 1.807) is 6.07 Å². The van der Waals surface area contributed by atoms with Gasteiger partial charge in [-0.2, -0.15) is 0 Å². The van der Waals surface area contributed by atoms with Gasteiger partial charge in [-0.1, -0.05) is 17.7 Å². The standard InChI is InChI=1S/C18H18ClFN2O2/c19-16-2-1-3-17(20)15(16)12-18(23)21-13-4-6-14(7-5-13)22-8-10-24-11-9-22/h1-7H,8-12H2,(H,21,23). The smallest absolute Gasteiger partial charge is 0.228 e. The maximum atomic E-state index is 13.7. The molecule has 0 bridgehead atoms. The number of morpholine rings is 1. The number of benzene rings is 2. The highest BCUT2D eigenvalue weighted by Crippen LogP contribution is 2.21. The van der Waals surface area contributed by atoms with Crippen molar-refractivity contribution in [1.82, 2.24) is 0 Å². The van der Waals surface area contributed by atoms with Crippen molar-refractivity contribution in [2.75, 3.05) is 36.5 Å². The van der Waals surface area contributed by atoms with E-state index >= 15 is 0 Å². The van der Waals surface area contributed by atoms with E-state index in [-0.39, 0.29) is 22.9 Å². The molecule has 1 aliphatic rings. The molecule has 2 aromatic carbocycles. The summed E-state index contributed by atoms with van der Waals surface area (Å²) in [6.45, 7) is 3.17. The fourth-order valence-electron chi connectivity index (χ4n) is 2.64. The van der Waals surface area contributed by atoms with Gasteiger partial charge in [0.05, 0.1) is 19.6 Å². The predicted octanol–water partition coefficient (Wildman–Crippen LogP) is 3.50. The fourth-order valence-corrected chi connectivity index (χ4v) is 2.87. The van der Waals surface area contributed by atoms with Gasteiger partial charge in [0.2, 0.25) is 5.91 Å². The summed E-state index contributed by atoms with van der Waals surface area (Å²) in [4.78, 5) is 14.3. The van der Waals surface area contributed by atoms with Crippen molar-refractivity contribution in [3.05, 3.63) is 58.9 Å². The van der Waals surface area contributed by atoms with Crippen molar-refractivity contribution >= 4 is 28.9 Å². The number of hydrogen-bond acceptors (Lipinski definition) is 3. The number of halogens is 2. The minimum absolute atomic E-state index is 0.100. The van der Waals surface area contributed by atoms with Crippen molar-refractivity contribution in [2.24, 2.45) is 0 Å². The average Bonchev–Trinajstić information content (AvgIpc) is 2.60. The molecule has 3 rings (SSSR count). The van der Waals surface area contributed by atoms with Crippen LogP contribution in [0.3, 0.4) is 0 Å². The van der Waals surface area contributed by atoms with Gasteiger partial charge in [-0.05, 0) is 36.4 Å². The van der Waals surface area contributed by atoms with Gasteiger partial charge in [0.25, 0.3) is 0 Å². The summed E-state index contributed by atoms with van der Waals surface area (Å²) in [5.74, 6) is -0.776. The van der Waals surface area contributed by atoms with Crippen LogP contribution in [-0.2, 0) is 16.0 Å². The number of carbonyl (C=O) groups is 1. The lowest BCUT2D eigenvalue weighted by molar-refractivity contribution is -0.115. The Balaban J connectivity index is 1.62. The molecular weight excluding hydrogens is 331 g/mol. The number of nitrogens with zero attached hydrogens (tertiary/aromatic N) is 1. The lowest BCUT2D eigenvalue weighted by Gasteiger charge is -2.28. The number of anilines is 2. The monoisotopic (exact) mass is 348 g/mol. The maximum Gasteiger partial charge on any atom is 0.228 e. The molecule has 0 atom stereocenters. The molecule has 1 aliphatic heterocycles. The van der Waals surface area contributed by atoms with Gasteiger partial charge in [0.1, 0.15) is 5.82 Å². The molecule has 2 aromatic rings. The summed E-state index contributed by atoms with van der Waals surface area (Å²) in [6.07, 6.45) is -0.100. The molecule has 0 saturated carbocycles. The first-order valence-corrected chi connectivity index (χ1v) is 8.17. The second kappa shape index (κ2) is 7.64. The number of ether oxygens (including phenoxy) is 1. The van der Waals surface area contributed by atoms with Gasteiger partial charge in [0, 0.05) is 35.1 Å². The Hall–Kier alpha value is -2.11. The van der Waals surface area contributed by atoms with Crippen LogP contribution < -0.4 is 10.2 Å². The average molecular weight is 349 g/mol. The highest BCUT2D eigenvalue weighted by molar-refractivity contribution is 6.31. The molecule has 0 unspecified atom stereocenters. The van der Waals surface area contributed by atoms with Crippen LogP contribution in [0.15, 0.2) is 42.5 Å². The summed E-state index contributed by atoms with van der Waals surface area (Å²) in [6, 6.07) is 12.0. The number of carbonyl (C=O) groups excluding carboxylic acids is 1. The minimum atomic E-state index is -0.472. The van der Waals surface area contributed by atoms with Gasteiger partial charge < -0.3 is 15.0 Å². The van der Waals surface area contributed by atoms with Crippen molar-refractivity contribution in [1.29, 1.82) is 0 Å². The molecule has 6 heteroatoms. The van der Waals surface area contributed by atoms with Crippen LogP contribution in [0.4, 0.5) is 15.8 Å². The molecule has 1 heterocycles. The van der Waals surface area contributed by atoms with Crippen molar-refractivity contribution in [3.8, 4) is 0 Å². The molecule has 126 valence electrons. The summed E-state index contributed by atoms with van der Waals surface area (Å²) in [5, 5.41) is 3.02. The Labute approximate surface area is 145 Å². The zero-order chi connectivity index (χ0) is 16.9. The zero-order valence-electron chi connectivity index (χ0n) is 13.1. The fraction of sp³-hybridized carbons (Fsp3) is 0.278. The van der Waals surface area contributed by atoms with E-state index < -0.39 is 5.82 Å². The highest BCUT2D eigenvalue weighted by atomic mass is 35.5. The second-order valence-corrected chi connectivity index (χ2v) is 5.98. The molecule has 0 aromatic heterocycles. The first kappa shape index (κ1) is 16.7. The molecule has 0 radical (unpaired) electrons. The number of rotatable bonds is 4. The number of amides is 1. The number of nitrogens with one attached hydrogen (secondary N) is 1. The first-order chi connectivity index (χ1) is 11.6.